The maximum Gasteiger partial charge on any atom is 0.372 e. The Morgan fingerprint density at radius 2 is 2.17 bits per heavy atom. The van der Waals surface area contributed by atoms with Crippen molar-refractivity contribution in [2.24, 2.45) is 0 Å². The first kappa shape index (κ1) is 14.7. The Bertz CT molecular complexity index is 518. The number of furan rings is 1. The minimum absolute atomic E-state index is 0.0528. The highest BCUT2D eigenvalue weighted by molar-refractivity contribution is 7.90. The summed E-state index contributed by atoms with van der Waals surface area (Å²) in [6.07, 6.45) is 1.71. The predicted molar refractivity (Wildman–Crippen MR) is 66.4 cm³/mol. The first-order valence-electron chi connectivity index (χ1n) is 5.50. The van der Waals surface area contributed by atoms with Crippen LogP contribution in [0.15, 0.2) is 10.5 Å². The summed E-state index contributed by atoms with van der Waals surface area (Å²) in [5.74, 6) is -0.472. The third kappa shape index (κ3) is 4.89. The van der Waals surface area contributed by atoms with Gasteiger partial charge in [-0.3, -0.25) is 0 Å². The van der Waals surface area contributed by atoms with E-state index in [1.807, 2.05) is 0 Å². The van der Waals surface area contributed by atoms with E-state index in [1.165, 1.54) is 6.26 Å². The fourth-order valence-corrected chi connectivity index (χ4v) is 2.19. The van der Waals surface area contributed by atoms with Gasteiger partial charge in [-0.2, -0.15) is 0 Å². The standard InChI is InChI=1S/C11H17NO5S/c1-8-6-9(17-10(8)11(13)14)7-12-4-3-5-18(2,15)16/h6,12H,3-5,7H2,1-2H3,(H,13,14). The molecule has 102 valence electrons. The molecule has 0 amide bonds. The highest BCUT2D eigenvalue weighted by Crippen LogP contribution is 2.14. The van der Waals surface area contributed by atoms with Crippen LogP contribution in [0.3, 0.4) is 0 Å². The molecule has 0 spiro atoms. The van der Waals surface area contributed by atoms with Gasteiger partial charge in [0, 0.05) is 11.8 Å². The van der Waals surface area contributed by atoms with Gasteiger partial charge in [-0.25, -0.2) is 13.2 Å². The highest BCUT2D eigenvalue weighted by atomic mass is 32.2. The van der Waals surface area contributed by atoms with Gasteiger partial charge in [0.25, 0.3) is 0 Å². The van der Waals surface area contributed by atoms with Crippen LogP contribution in [-0.2, 0) is 16.4 Å². The molecule has 6 nitrogen and oxygen atoms in total. The van der Waals surface area contributed by atoms with Crippen molar-refractivity contribution in [1.82, 2.24) is 5.32 Å². The third-order valence-electron chi connectivity index (χ3n) is 2.33. The molecule has 0 saturated carbocycles. The van der Waals surface area contributed by atoms with E-state index in [9.17, 15) is 13.2 Å². The minimum atomic E-state index is -2.92. The molecule has 1 heterocycles. The van der Waals surface area contributed by atoms with Gasteiger partial charge in [-0.1, -0.05) is 0 Å². The number of hydrogen-bond donors (Lipinski definition) is 2. The number of nitrogens with one attached hydrogen (secondary N) is 1. The van der Waals surface area contributed by atoms with Crippen molar-refractivity contribution in [2.45, 2.75) is 19.9 Å². The maximum absolute atomic E-state index is 10.9. The maximum atomic E-state index is 10.9. The minimum Gasteiger partial charge on any atom is -0.475 e. The van der Waals surface area contributed by atoms with Crippen LogP contribution in [0.25, 0.3) is 0 Å². The largest absolute Gasteiger partial charge is 0.475 e. The first-order valence-corrected chi connectivity index (χ1v) is 7.56. The summed E-state index contributed by atoms with van der Waals surface area (Å²) in [7, 11) is -2.92. The summed E-state index contributed by atoms with van der Waals surface area (Å²) in [6.45, 7) is 2.59. The van der Waals surface area contributed by atoms with Crippen LogP contribution in [0, 0.1) is 6.92 Å². The number of carboxylic acid groups (broad SMARTS) is 1. The van der Waals surface area contributed by atoms with E-state index in [0.717, 1.165) is 0 Å². The molecular weight excluding hydrogens is 258 g/mol. The first-order chi connectivity index (χ1) is 8.29. The SMILES string of the molecule is Cc1cc(CNCCCS(C)(=O)=O)oc1C(=O)O. The molecule has 2 N–H and O–H groups in total. The molecule has 0 unspecified atom stereocenters. The van der Waals surface area contributed by atoms with Crippen molar-refractivity contribution < 1.29 is 22.7 Å². The van der Waals surface area contributed by atoms with Crippen molar-refractivity contribution in [1.29, 1.82) is 0 Å². The zero-order valence-corrected chi connectivity index (χ0v) is 11.2. The molecule has 0 fully saturated rings. The second-order valence-corrected chi connectivity index (χ2v) is 6.45. The Balaban J connectivity index is 2.36. The number of sulfone groups is 1. The molecule has 0 atom stereocenters. The lowest BCUT2D eigenvalue weighted by Crippen LogP contribution is -2.17. The van der Waals surface area contributed by atoms with Crippen LogP contribution in [0.2, 0.25) is 0 Å². The topological polar surface area (TPSA) is 96.6 Å². The molecule has 1 aromatic rings. The number of carboxylic acids is 1. The summed E-state index contributed by atoms with van der Waals surface area (Å²) >= 11 is 0. The van der Waals surface area contributed by atoms with Gasteiger partial charge in [-0.15, -0.1) is 0 Å². The molecule has 0 saturated heterocycles. The zero-order chi connectivity index (χ0) is 13.8. The van der Waals surface area contributed by atoms with Crippen LogP contribution in [0.5, 0.6) is 0 Å². The summed E-state index contributed by atoms with van der Waals surface area (Å²) in [5.41, 5.74) is 0.579. The van der Waals surface area contributed by atoms with Crippen molar-refractivity contribution in [3.05, 3.63) is 23.2 Å². The molecule has 7 heteroatoms. The fraction of sp³-hybridized carbons (Fsp3) is 0.545. The van der Waals surface area contributed by atoms with E-state index in [4.69, 9.17) is 9.52 Å². The smallest absolute Gasteiger partial charge is 0.372 e. The molecule has 0 bridgehead atoms. The molecule has 1 rings (SSSR count). The van der Waals surface area contributed by atoms with Crippen molar-refractivity contribution >= 4 is 15.8 Å². The molecule has 1 aromatic heterocycles. The molecule has 18 heavy (non-hydrogen) atoms. The van der Waals surface area contributed by atoms with Gasteiger partial charge in [0.15, 0.2) is 0 Å². The van der Waals surface area contributed by atoms with Gasteiger partial charge in [0.05, 0.1) is 12.3 Å². The second kappa shape index (κ2) is 6.01. The summed E-state index contributed by atoms with van der Waals surface area (Å²) in [6, 6.07) is 1.66. The van der Waals surface area contributed by atoms with Crippen molar-refractivity contribution in [3.8, 4) is 0 Å². The Morgan fingerprint density at radius 1 is 1.50 bits per heavy atom. The summed E-state index contributed by atoms with van der Waals surface area (Å²) in [4.78, 5) is 10.7. The predicted octanol–water partition coefficient (Wildman–Crippen LogP) is 0.811. The second-order valence-electron chi connectivity index (χ2n) is 4.19. The molecule has 0 aliphatic heterocycles. The lowest BCUT2D eigenvalue weighted by atomic mass is 10.2. The number of rotatable bonds is 7. The third-order valence-corrected chi connectivity index (χ3v) is 3.36. The van der Waals surface area contributed by atoms with E-state index in [1.54, 1.807) is 13.0 Å². The molecule has 0 radical (unpaired) electrons. The Kier molecular flexibility index (Phi) is 4.92. The Labute approximate surface area is 106 Å². The number of aromatic carboxylic acids is 1. The van der Waals surface area contributed by atoms with Crippen LogP contribution in [-0.4, -0.2) is 38.0 Å². The van der Waals surface area contributed by atoms with Crippen LogP contribution in [0.4, 0.5) is 0 Å². The van der Waals surface area contributed by atoms with Crippen molar-refractivity contribution in [2.75, 3.05) is 18.6 Å². The van der Waals surface area contributed by atoms with E-state index in [2.05, 4.69) is 5.32 Å². The van der Waals surface area contributed by atoms with Gasteiger partial charge in [0.2, 0.25) is 5.76 Å². The lowest BCUT2D eigenvalue weighted by molar-refractivity contribution is 0.0659. The van der Waals surface area contributed by atoms with Crippen LogP contribution >= 0.6 is 0 Å². The zero-order valence-electron chi connectivity index (χ0n) is 10.4. The molecule has 0 aliphatic carbocycles. The number of carbonyl (C=O) groups is 1. The monoisotopic (exact) mass is 275 g/mol. The average molecular weight is 275 g/mol. The molecular formula is C11H17NO5S. The Hall–Kier alpha value is -1.34. The van der Waals surface area contributed by atoms with Gasteiger partial charge in [0.1, 0.15) is 15.6 Å². The fourth-order valence-electron chi connectivity index (χ4n) is 1.52. The van der Waals surface area contributed by atoms with E-state index in [-0.39, 0.29) is 11.5 Å². The van der Waals surface area contributed by atoms with E-state index >= 15 is 0 Å². The van der Waals surface area contributed by atoms with E-state index in [0.29, 0.717) is 30.8 Å². The van der Waals surface area contributed by atoms with Gasteiger partial charge >= 0.3 is 5.97 Å². The highest BCUT2D eigenvalue weighted by Gasteiger charge is 2.13. The van der Waals surface area contributed by atoms with E-state index < -0.39 is 15.8 Å². The average Bonchev–Trinajstić information content (AvgIpc) is 2.57. The van der Waals surface area contributed by atoms with Crippen LogP contribution < -0.4 is 5.32 Å². The normalized spacial score (nSPS) is 11.7. The molecule has 0 aromatic carbocycles. The molecule has 0 aliphatic rings. The quantitative estimate of drug-likeness (QED) is 0.715. The number of aryl methyl sites for hydroxylation is 1. The lowest BCUT2D eigenvalue weighted by Gasteiger charge is -2.01. The van der Waals surface area contributed by atoms with Gasteiger partial charge < -0.3 is 14.8 Å². The van der Waals surface area contributed by atoms with Crippen molar-refractivity contribution in [3.63, 3.8) is 0 Å². The van der Waals surface area contributed by atoms with Gasteiger partial charge in [-0.05, 0) is 26.0 Å². The summed E-state index contributed by atoms with van der Waals surface area (Å²) in [5, 5.41) is 11.8. The van der Waals surface area contributed by atoms with Crippen LogP contribution in [0.1, 0.15) is 28.3 Å². The summed E-state index contributed by atoms with van der Waals surface area (Å²) < 4.78 is 26.9. The Morgan fingerprint density at radius 3 is 2.67 bits per heavy atom. The number of hydrogen-bond acceptors (Lipinski definition) is 5.